The van der Waals surface area contributed by atoms with Gasteiger partial charge in [-0.2, -0.15) is 0 Å². The summed E-state index contributed by atoms with van der Waals surface area (Å²) in [7, 11) is 3.13. The van der Waals surface area contributed by atoms with Crippen LogP contribution in [0.3, 0.4) is 0 Å². The molecule has 0 saturated carbocycles. The van der Waals surface area contributed by atoms with Gasteiger partial charge in [0, 0.05) is 32.3 Å². The van der Waals surface area contributed by atoms with Crippen LogP contribution in [-0.2, 0) is 14.3 Å². The summed E-state index contributed by atoms with van der Waals surface area (Å²) in [6, 6.07) is 7.37. The summed E-state index contributed by atoms with van der Waals surface area (Å²) in [6.45, 7) is 0.683. The van der Waals surface area contributed by atoms with Crippen LogP contribution in [0, 0.1) is 0 Å². The maximum atomic E-state index is 11.8. The lowest BCUT2D eigenvalue weighted by atomic mass is 10.1. The topological polar surface area (TPSA) is 73.6 Å². The van der Waals surface area contributed by atoms with Crippen LogP contribution in [0.2, 0.25) is 5.02 Å². The first kappa shape index (κ1) is 20.1. The molecule has 7 heteroatoms. The molecule has 1 amide bonds. The summed E-state index contributed by atoms with van der Waals surface area (Å²) in [5, 5.41) is 3.45. The van der Waals surface area contributed by atoms with Gasteiger partial charge >= 0.3 is 0 Å². The van der Waals surface area contributed by atoms with Crippen molar-refractivity contribution >= 4 is 29.9 Å². The number of halogens is 2. The zero-order valence-electron chi connectivity index (χ0n) is 12.2. The number of benzene rings is 1. The van der Waals surface area contributed by atoms with Gasteiger partial charge in [-0.3, -0.25) is 4.79 Å². The number of carbonyl (C=O) groups is 1. The number of nitrogens with two attached hydrogens (primary N) is 1. The van der Waals surface area contributed by atoms with Crippen LogP contribution in [0.25, 0.3) is 0 Å². The van der Waals surface area contributed by atoms with E-state index in [0.717, 1.165) is 5.56 Å². The summed E-state index contributed by atoms with van der Waals surface area (Å²) in [5.74, 6) is -0.119. The van der Waals surface area contributed by atoms with E-state index in [2.05, 4.69) is 5.32 Å². The molecule has 120 valence electrons. The van der Waals surface area contributed by atoms with E-state index < -0.39 is 0 Å². The molecule has 0 saturated heterocycles. The average molecular weight is 337 g/mol. The fraction of sp³-hybridized carbons (Fsp3) is 0.500. The van der Waals surface area contributed by atoms with Gasteiger partial charge in [0.25, 0.3) is 0 Å². The molecule has 0 aromatic heterocycles. The Morgan fingerprint density at radius 1 is 1.38 bits per heavy atom. The Balaban J connectivity index is 0.00000400. The van der Waals surface area contributed by atoms with E-state index in [1.807, 2.05) is 18.2 Å². The Morgan fingerprint density at radius 2 is 2.10 bits per heavy atom. The van der Waals surface area contributed by atoms with Crippen molar-refractivity contribution in [3.63, 3.8) is 0 Å². The lowest BCUT2D eigenvalue weighted by molar-refractivity contribution is -0.123. The number of amides is 1. The van der Waals surface area contributed by atoms with Crippen LogP contribution in [0.4, 0.5) is 0 Å². The minimum atomic E-state index is -0.262. The van der Waals surface area contributed by atoms with Crippen molar-refractivity contribution in [3.8, 4) is 0 Å². The highest BCUT2D eigenvalue weighted by molar-refractivity contribution is 6.30. The van der Waals surface area contributed by atoms with E-state index in [9.17, 15) is 4.79 Å². The molecule has 21 heavy (non-hydrogen) atoms. The van der Waals surface area contributed by atoms with Gasteiger partial charge in [-0.05, 0) is 17.7 Å². The number of rotatable bonds is 8. The van der Waals surface area contributed by atoms with E-state index in [0.29, 0.717) is 18.1 Å². The molecule has 0 radical (unpaired) electrons. The van der Waals surface area contributed by atoms with E-state index in [1.165, 1.54) is 7.11 Å². The minimum absolute atomic E-state index is 0. The molecule has 3 N–H and O–H groups in total. The van der Waals surface area contributed by atoms with Crippen molar-refractivity contribution in [3.05, 3.63) is 34.9 Å². The van der Waals surface area contributed by atoms with Gasteiger partial charge in [0.05, 0.1) is 18.6 Å². The quantitative estimate of drug-likeness (QED) is 0.760. The second-order valence-corrected chi connectivity index (χ2v) is 4.82. The van der Waals surface area contributed by atoms with Crippen molar-refractivity contribution in [2.45, 2.75) is 18.6 Å². The Kier molecular flexibility index (Phi) is 10.4. The zero-order chi connectivity index (χ0) is 15.0. The largest absolute Gasteiger partial charge is 0.380 e. The standard InChI is InChI=1S/C14H21ClN2O3.ClH/c1-19-12(8-16)7-14(18)17-9-13(20-2)10-4-3-5-11(15)6-10;/h3-6,12-13H,7-9,16H2,1-2H3,(H,17,18);1H. The molecular formula is C14H22Cl2N2O3. The third-order valence-electron chi connectivity index (χ3n) is 3.00. The predicted molar refractivity (Wildman–Crippen MR) is 85.9 cm³/mol. The normalized spacial score (nSPS) is 13.1. The number of ether oxygens (including phenoxy) is 2. The second-order valence-electron chi connectivity index (χ2n) is 4.38. The third kappa shape index (κ3) is 7.11. The first-order valence-electron chi connectivity index (χ1n) is 6.38. The Labute approximate surface area is 136 Å². The Bertz CT molecular complexity index is 428. The zero-order valence-corrected chi connectivity index (χ0v) is 13.7. The van der Waals surface area contributed by atoms with Crippen LogP contribution >= 0.6 is 24.0 Å². The fourth-order valence-corrected chi connectivity index (χ4v) is 1.99. The van der Waals surface area contributed by atoms with Crippen molar-refractivity contribution in [1.82, 2.24) is 5.32 Å². The van der Waals surface area contributed by atoms with Crippen LogP contribution in [-0.4, -0.2) is 39.3 Å². The van der Waals surface area contributed by atoms with E-state index in [4.69, 9.17) is 26.8 Å². The highest BCUT2D eigenvalue weighted by Crippen LogP contribution is 2.19. The number of nitrogens with one attached hydrogen (secondary N) is 1. The molecule has 0 aliphatic heterocycles. The smallest absolute Gasteiger partial charge is 0.222 e. The van der Waals surface area contributed by atoms with Crippen LogP contribution in [0.5, 0.6) is 0 Å². The average Bonchev–Trinajstić information content (AvgIpc) is 2.45. The van der Waals surface area contributed by atoms with Crippen LogP contribution in [0.15, 0.2) is 24.3 Å². The maximum Gasteiger partial charge on any atom is 0.222 e. The molecule has 1 aromatic rings. The lowest BCUT2D eigenvalue weighted by Crippen LogP contribution is -2.34. The molecule has 0 heterocycles. The van der Waals surface area contributed by atoms with Gasteiger partial charge in [0.2, 0.25) is 5.91 Å². The number of hydrogen-bond acceptors (Lipinski definition) is 4. The van der Waals surface area contributed by atoms with Gasteiger partial charge < -0.3 is 20.5 Å². The predicted octanol–water partition coefficient (Wildman–Crippen LogP) is 1.93. The number of methoxy groups -OCH3 is 2. The summed E-state index contributed by atoms with van der Waals surface area (Å²) in [6.07, 6.45) is -0.266. The molecule has 0 spiro atoms. The SMILES string of the molecule is COC(CN)CC(=O)NCC(OC)c1cccc(Cl)c1.Cl. The summed E-state index contributed by atoms with van der Waals surface area (Å²) in [5.41, 5.74) is 6.40. The van der Waals surface area contributed by atoms with E-state index in [1.54, 1.807) is 13.2 Å². The molecule has 2 unspecified atom stereocenters. The molecule has 1 rings (SSSR count). The summed E-state index contributed by atoms with van der Waals surface area (Å²) >= 11 is 5.94. The molecule has 2 atom stereocenters. The first-order valence-corrected chi connectivity index (χ1v) is 6.76. The van der Waals surface area contributed by atoms with Gasteiger partial charge in [0.15, 0.2) is 0 Å². The fourth-order valence-electron chi connectivity index (χ4n) is 1.79. The monoisotopic (exact) mass is 336 g/mol. The second kappa shape index (κ2) is 10.8. The van der Waals surface area contributed by atoms with Gasteiger partial charge in [-0.25, -0.2) is 0 Å². The van der Waals surface area contributed by atoms with Crippen LogP contribution in [0.1, 0.15) is 18.1 Å². The highest BCUT2D eigenvalue weighted by Gasteiger charge is 2.15. The van der Waals surface area contributed by atoms with Crippen molar-refractivity contribution < 1.29 is 14.3 Å². The molecule has 5 nitrogen and oxygen atoms in total. The molecule has 0 bridgehead atoms. The molecule has 1 aromatic carbocycles. The van der Waals surface area contributed by atoms with Gasteiger partial charge in [0.1, 0.15) is 0 Å². The lowest BCUT2D eigenvalue weighted by Gasteiger charge is -2.18. The van der Waals surface area contributed by atoms with Gasteiger partial charge in [-0.15, -0.1) is 12.4 Å². The maximum absolute atomic E-state index is 11.8. The highest BCUT2D eigenvalue weighted by atomic mass is 35.5. The van der Waals surface area contributed by atoms with Crippen molar-refractivity contribution in [2.24, 2.45) is 5.73 Å². The van der Waals surface area contributed by atoms with E-state index >= 15 is 0 Å². The van der Waals surface area contributed by atoms with E-state index in [-0.39, 0.29) is 36.9 Å². The van der Waals surface area contributed by atoms with Gasteiger partial charge in [-0.1, -0.05) is 23.7 Å². The number of hydrogen-bond donors (Lipinski definition) is 2. The summed E-state index contributed by atoms with van der Waals surface area (Å²) < 4.78 is 10.4. The van der Waals surface area contributed by atoms with Crippen molar-refractivity contribution in [2.75, 3.05) is 27.3 Å². The molecule has 0 aliphatic carbocycles. The molecule has 0 fully saturated rings. The van der Waals surface area contributed by atoms with Crippen molar-refractivity contribution in [1.29, 1.82) is 0 Å². The molecular weight excluding hydrogens is 315 g/mol. The minimum Gasteiger partial charge on any atom is -0.380 e. The Hall–Kier alpha value is -0.850. The Morgan fingerprint density at radius 3 is 2.62 bits per heavy atom. The van der Waals surface area contributed by atoms with Crippen LogP contribution < -0.4 is 11.1 Å². The first-order chi connectivity index (χ1) is 9.60. The molecule has 0 aliphatic rings. The third-order valence-corrected chi connectivity index (χ3v) is 3.23. The number of carbonyl (C=O) groups excluding carboxylic acids is 1. The summed E-state index contributed by atoms with van der Waals surface area (Å²) in [4.78, 5) is 11.8.